The van der Waals surface area contributed by atoms with Crippen LogP contribution >= 0.6 is 0 Å². The van der Waals surface area contributed by atoms with E-state index in [1.54, 1.807) is 12.3 Å². The van der Waals surface area contributed by atoms with E-state index in [1.165, 1.54) is 0 Å². The quantitative estimate of drug-likeness (QED) is 0.527. The summed E-state index contributed by atoms with van der Waals surface area (Å²) in [6, 6.07) is 7.31. The molecule has 0 spiro atoms. The lowest BCUT2D eigenvalue weighted by Crippen LogP contribution is -2.42. The highest BCUT2D eigenvalue weighted by Gasteiger charge is 2.27. The number of para-hydroxylation sites is 2. The van der Waals surface area contributed by atoms with Gasteiger partial charge in [-0.25, -0.2) is 5.43 Å². The molecule has 0 aromatic heterocycles. The summed E-state index contributed by atoms with van der Waals surface area (Å²) in [5.74, 6) is 1.37. The number of allylic oxidation sites excluding steroid dienone is 2. The Hall–Kier alpha value is -2.30. The van der Waals surface area contributed by atoms with Gasteiger partial charge in [0.1, 0.15) is 6.61 Å². The van der Waals surface area contributed by atoms with E-state index < -0.39 is 6.10 Å². The molecule has 1 heterocycles. The molecule has 0 unspecified atom stereocenters. The van der Waals surface area contributed by atoms with E-state index in [0.29, 0.717) is 17.4 Å². The normalized spacial score (nSPS) is 24.0. The third-order valence-electron chi connectivity index (χ3n) is 3.57. The number of benzene rings is 1. The summed E-state index contributed by atoms with van der Waals surface area (Å²) in [7, 11) is 0. The second kappa shape index (κ2) is 6.43. The van der Waals surface area contributed by atoms with Gasteiger partial charge < -0.3 is 9.47 Å². The van der Waals surface area contributed by atoms with Crippen LogP contribution in [-0.2, 0) is 4.79 Å². The van der Waals surface area contributed by atoms with Crippen LogP contribution in [0.1, 0.15) is 19.3 Å². The zero-order valence-electron chi connectivity index (χ0n) is 11.7. The maximum absolute atomic E-state index is 12.0. The molecule has 3 rings (SSSR count). The van der Waals surface area contributed by atoms with E-state index in [1.807, 2.05) is 18.2 Å². The van der Waals surface area contributed by atoms with Gasteiger partial charge in [0.15, 0.2) is 11.5 Å². The molecule has 0 saturated carbocycles. The van der Waals surface area contributed by atoms with Gasteiger partial charge in [-0.15, -0.1) is 0 Å². The Bertz CT molecular complexity index is 568. The van der Waals surface area contributed by atoms with Crippen molar-refractivity contribution in [2.75, 3.05) is 6.61 Å². The average Bonchev–Trinajstić information content (AvgIpc) is 2.55. The molecule has 1 aliphatic heterocycles. The van der Waals surface area contributed by atoms with Crippen LogP contribution in [0.3, 0.4) is 0 Å². The van der Waals surface area contributed by atoms with Crippen molar-refractivity contribution in [1.29, 1.82) is 0 Å². The van der Waals surface area contributed by atoms with Gasteiger partial charge >= 0.3 is 0 Å². The monoisotopic (exact) mass is 286 g/mol. The minimum atomic E-state index is -0.664. The summed E-state index contributed by atoms with van der Waals surface area (Å²) >= 11 is 0. The van der Waals surface area contributed by atoms with Crippen molar-refractivity contribution >= 4 is 12.1 Å². The predicted molar refractivity (Wildman–Crippen MR) is 79.5 cm³/mol. The van der Waals surface area contributed by atoms with Crippen LogP contribution in [0, 0.1) is 5.92 Å². The van der Waals surface area contributed by atoms with E-state index in [0.717, 1.165) is 19.3 Å². The van der Waals surface area contributed by atoms with Gasteiger partial charge in [0, 0.05) is 6.21 Å². The Kier molecular flexibility index (Phi) is 4.19. The van der Waals surface area contributed by atoms with Crippen molar-refractivity contribution in [2.45, 2.75) is 25.4 Å². The van der Waals surface area contributed by atoms with E-state index in [9.17, 15) is 4.79 Å². The summed E-state index contributed by atoms with van der Waals surface area (Å²) in [5, 5.41) is 4.03. The molecular formula is C16H18N2O3. The van der Waals surface area contributed by atoms with Crippen LogP contribution in [0.5, 0.6) is 11.5 Å². The number of ether oxygens (including phenoxy) is 2. The Morgan fingerprint density at radius 2 is 2.14 bits per heavy atom. The predicted octanol–water partition coefficient (Wildman–Crippen LogP) is 2.28. The lowest BCUT2D eigenvalue weighted by molar-refractivity contribution is -0.130. The van der Waals surface area contributed by atoms with Crippen molar-refractivity contribution in [3.05, 3.63) is 36.4 Å². The molecular weight excluding hydrogens is 268 g/mol. The fourth-order valence-electron chi connectivity index (χ4n) is 2.38. The van der Waals surface area contributed by atoms with Crippen molar-refractivity contribution in [1.82, 2.24) is 5.43 Å². The number of hydrazone groups is 1. The number of carbonyl (C=O) groups excluding carboxylic acids is 1. The first-order valence-corrected chi connectivity index (χ1v) is 7.19. The lowest BCUT2D eigenvalue weighted by Gasteiger charge is -2.24. The molecule has 21 heavy (non-hydrogen) atoms. The highest BCUT2D eigenvalue weighted by atomic mass is 16.6. The second-order valence-corrected chi connectivity index (χ2v) is 5.16. The van der Waals surface area contributed by atoms with Crippen LogP contribution in [0.25, 0.3) is 0 Å². The minimum absolute atomic E-state index is 0.199. The number of carbonyl (C=O) groups is 1. The third-order valence-corrected chi connectivity index (χ3v) is 3.57. The standard InChI is InChI=1S/C16H18N2O3/c19-16(18-17-10-12-6-2-1-3-7-12)15-11-20-13-8-4-5-9-14(13)21-15/h1-2,4-5,8-10,12,15H,3,6-7,11H2,(H,18,19)/b17-10-/t12-,15+/m0/s1. The topological polar surface area (TPSA) is 59.9 Å². The summed E-state index contributed by atoms with van der Waals surface area (Å²) in [6.07, 6.45) is 8.59. The van der Waals surface area contributed by atoms with Crippen LogP contribution in [0.4, 0.5) is 0 Å². The zero-order valence-corrected chi connectivity index (χ0v) is 11.7. The number of rotatable bonds is 3. The molecule has 2 atom stereocenters. The van der Waals surface area contributed by atoms with Crippen LogP contribution in [0.2, 0.25) is 0 Å². The Balaban J connectivity index is 1.52. The molecule has 5 heteroatoms. The molecule has 110 valence electrons. The molecule has 5 nitrogen and oxygen atoms in total. The summed E-state index contributed by atoms with van der Waals surface area (Å²) in [5.41, 5.74) is 2.53. The number of hydrogen-bond acceptors (Lipinski definition) is 4. The molecule has 1 aromatic carbocycles. The molecule has 0 saturated heterocycles. The highest BCUT2D eigenvalue weighted by molar-refractivity contribution is 5.82. The Morgan fingerprint density at radius 1 is 1.29 bits per heavy atom. The smallest absolute Gasteiger partial charge is 0.284 e. The molecule has 1 aromatic rings. The van der Waals surface area contributed by atoms with Crippen LogP contribution in [0.15, 0.2) is 41.5 Å². The minimum Gasteiger partial charge on any atom is -0.485 e. The van der Waals surface area contributed by atoms with Gasteiger partial charge in [-0.1, -0.05) is 24.3 Å². The van der Waals surface area contributed by atoms with E-state index >= 15 is 0 Å². The molecule has 0 fully saturated rings. The SMILES string of the molecule is O=C(N/N=C\[C@H]1CC=CCC1)[C@H]1COc2ccccc2O1. The van der Waals surface area contributed by atoms with E-state index in [2.05, 4.69) is 22.7 Å². The summed E-state index contributed by atoms with van der Waals surface area (Å²) in [4.78, 5) is 12.0. The van der Waals surface area contributed by atoms with Crippen molar-refractivity contribution in [3.63, 3.8) is 0 Å². The van der Waals surface area contributed by atoms with Gasteiger partial charge in [-0.05, 0) is 37.3 Å². The Labute approximate surface area is 123 Å². The first-order valence-electron chi connectivity index (χ1n) is 7.19. The maximum Gasteiger partial charge on any atom is 0.284 e. The first kappa shape index (κ1) is 13.7. The second-order valence-electron chi connectivity index (χ2n) is 5.16. The van der Waals surface area contributed by atoms with Gasteiger partial charge in [0.2, 0.25) is 6.10 Å². The summed E-state index contributed by atoms with van der Waals surface area (Å²) < 4.78 is 11.1. The van der Waals surface area contributed by atoms with Crippen LogP contribution < -0.4 is 14.9 Å². The van der Waals surface area contributed by atoms with Gasteiger partial charge in [0.25, 0.3) is 5.91 Å². The Morgan fingerprint density at radius 3 is 2.95 bits per heavy atom. The molecule has 1 aliphatic carbocycles. The fraction of sp³-hybridized carbons (Fsp3) is 0.375. The molecule has 1 amide bonds. The van der Waals surface area contributed by atoms with Gasteiger partial charge in [-0.2, -0.15) is 5.10 Å². The largest absolute Gasteiger partial charge is 0.485 e. The van der Waals surface area contributed by atoms with Gasteiger partial charge in [0.05, 0.1) is 0 Å². The summed E-state index contributed by atoms with van der Waals surface area (Å²) in [6.45, 7) is 0.199. The van der Waals surface area contributed by atoms with E-state index in [-0.39, 0.29) is 12.5 Å². The number of nitrogens with one attached hydrogen (secondary N) is 1. The highest BCUT2D eigenvalue weighted by Crippen LogP contribution is 2.30. The lowest BCUT2D eigenvalue weighted by atomic mass is 9.96. The molecule has 1 N–H and O–H groups in total. The van der Waals surface area contributed by atoms with Crippen molar-refractivity contribution < 1.29 is 14.3 Å². The van der Waals surface area contributed by atoms with Crippen molar-refractivity contribution in [2.24, 2.45) is 11.0 Å². The number of amides is 1. The number of hydrogen-bond donors (Lipinski definition) is 1. The maximum atomic E-state index is 12.0. The molecule has 2 aliphatic rings. The van der Waals surface area contributed by atoms with Crippen LogP contribution in [-0.4, -0.2) is 24.8 Å². The van der Waals surface area contributed by atoms with Crippen molar-refractivity contribution in [3.8, 4) is 11.5 Å². The van der Waals surface area contributed by atoms with Gasteiger partial charge in [-0.3, -0.25) is 4.79 Å². The number of fused-ring (bicyclic) bond motifs is 1. The number of nitrogens with zero attached hydrogens (tertiary/aromatic N) is 1. The molecule has 0 bridgehead atoms. The fourth-order valence-corrected chi connectivity index (χ4v) is 2.38. The first-order chi connectivity index (χ1) is 10.3. The third kappa shape index (κ3) is 3.42. The molecule has 0 radical (unpaired) electrons. The average molecular weight is 286 g/mol. The van der Waals surface area contributed by atoms with E-state index in [4.69, 9.17) is 9.47 Å². The zero-order chi connectivity index (χ0) is 14.5.